The van der Waals surface area contributed by atoms with Crippen LogP contribution >= 0.6 is 0 Å². The van der Waals surface area contributed by atoms with Crippen molar-refractivity contribution in [2.24, 2.45) is 0 Å². The zero-order chi connectivity index (χ0) is 17.5. The maximum Gasteiger partial charge on any atom is 0.118 e. The largest absolute Gasteiger partial charge is 0.497 e. The highest BCUT2D eigenvalue weighted by Crippen LogP contribution is 2.16. The molecule has 0 saturated heterocycles. The summed E-state index contributed by atoms with van der Waals surface area (Å²) in [6.45, 7) is 4.53. The highest BCUT2D eigenvalue weighted by Gasteiger charge is 2.09. The molecule has 0 aliphatic rings. The van der Waals surface area contributed by atoms with Gasteiger partial charge in [0.1, 0.15) is 5.75 Å². The van der Waals surface area contributed by atoms with Gasteiger partial charge < -0.3 is 14.6 Å². The highest BCUT2D eigenvalue weighted by atomic mass is 16.5. The summed E-state index contributed by atoms with van der Waals surface area (Å²) >= 11 is 0. The SMILES string of the molecule is C=CCCCCCCCC[C@H](CCO)OCc1ccc(OC)cc1. The molecule has 0 spiro atoms. The van der Waals surface area contributed by atoms with Crippen molar-refractivity contribution in [3.63, 3.8) is 0 Å². The van der Waals surface area contributed by atoms with Gasteiger partial charge in [-0.05, 0) is 43.4 Å². The molecule has 0 aromatic heterocycles. The lowest BCUT2D eigenvalue weighted by molar-refractivity contribution is 0.0174. The quantitative estimate of drug-likeness (QED) is 0.351. The van der Waals surface area contributed by atoms with Crippen LogP contribution in [0.2, 0.25) is 0 Å². The van der Waals surface area contributed by atoms with Crippen LogP contribution in [0.3, 0.4) is 0 Å². The first-order valence-corrected chi connectivity index (χ1v) is 9.26. The second-order valence-corrected chi connectivity index (χ2v) is 6.28. The van der Waals surface area contributed by atoms with Crippen LogP contribution in [0.25, 0.3) is 0 Å². The van der Waals surface area contributed by atoms with Crippen LogP contribution in [0.5, 0.6) is 5.75 Å². The Balaban J connectivity index is 2.17. The van der Waals surface area contributed by atoms with Crippen molar-refractivity contribution in [1.82, 2.24) is 0 Å². The first-order chi connectivity index (χ1) is 11.8. The highest BCUT2D eigenvalue weighted by molar-refractivity contribution is 5.26. The topological polar surface area (TPSA) is 38.7 Å². The minimum atomic E-state index is 0.151. The molecule has 1 rings (SSSR count). The minimum absolute atomic E-state index is 0.151. The number of rotatable bonds is 15. The summed E-state index contributed by atoms with van der Waals surface area (Å²) in [7, 11) is 1.67. The third-order valence-corrected chi connectivity index (χ3v) is 4.28. The second kappa shape index (κ2) is 14.1. The van der Waals surface area contributed by atoms with E-state index in [2.05, 4.69) is 6.58 Å². The fourth-order valence-electron chi connectivity index (χ4n) is 2.76. The molecule has 0 heterocycles. The Labute approximate surface area is 147 Å². The third-order valence-electron chi connectivity index (χ3n) is 4.28. The number of methoxy groups -OCH3 is 1. The standard InChI is InChI=1S/C21H34O3/c1-3-4-5-6-7-8-9-10-11-21(16-17-22)24-18-19-12-14-20(23-2)15-13-19/h3,12-15,21-22H,1,4-11,16-18H2,2H3/t21-/m1/s1. The molecule has 1 N–H and O–H groups in total. The van der Waals surface area contributed by atoms with Gasteiger partial charge in [-0.2, -0.15) is 0 Å². The van der Waals surface area contributed by atoms with Crippen molar-refractivity contribution >= 4 is 0 Å². The molecule has 0 radical (unpaired) electrons. The summed E-state index contributed by atoms with van der Waals surface area (Å²) < 4.78 is 11.2. The van der Waals surface area contributed by atoms with Gasteiger partial charge in [-0.15, -0.1) is 6.58 Å². The number of unbranched alkanes of at least 4 members (excludes halogenated alkanes) is 6. The van der Waals surface area contributed by atoms with E-state index in [-0.39, 0.29) is 12.7 Å². The van der Waals surface area contributed by atoms with Gasteiger partial charge in [-0.3, -0.25) is 0 Å². The van der Waals surface area contributed by atoms with Crippen molar-refractivity contribution in [1.29, 1.82) is 0 Å². The number of benzene rings is 1. The molecule has 136 valence electrons. The van der Waals surface area contributed by atoms with Crippen molar-refractivity contribution in [2.75, 3.05) is 13.7 Å². The summed E-state index contributed by atoms with van der Waals surface area (Å²) in [5, 5.41) is 9.22. The van der Waals surface area contributed by atoms with Crippen LogP contribution in [0.4, 0.5) is 0 Å². The molecule has 0 fully saturated rings. The van der Waals surface area contributed by atoms with Crippen LogP contribution < -0.4 is 4.74 Å². The Morgan fingerprint density at radius 2 is 1.67 bits per heavy atom. The predicted octanol–water partition coefficient (Wildman–Crippen LogP) is 5.27. The molecule has 0 amide bonds. The van der Waals surface area contributed by atoms with Crippen molar-refractivity contribution in [3.05, 3.63) is 42.5 Å². The van der Waals surface area contributed by atoms with Gasteiger partial charge in [0.15, 0.2) is 0 Å². The zero-order valence-corrected chi connectivity index (χ0v) is 15.2. The van der Waals surface area contributed by atoms with E-state index in [0.29, 0.717) is 6.61 Å². The normalized spacial score (nSPS) is 12.1. The van der Waals surface area contributed by atoms with E-state index in [9.17, 15) is 5.11 Å². The van der Waals surface area contributed by atoms with E-state index < -0.39 is 0 Å². The monoisotopic (exact) mass is 334 g/mol. The van der Waals surface area contributed by atoms with E-state index in [1.165, 1.54) is 38.5 Å². The van der Waals surface area contributed by atoms with E-state index >= 15 is 0 Å². The minimum Gasteiger partial charge on any atom is -0.497 e. The third kappa shape index (κ3) is 9.74. The van der Waals surface area contributed by atoms with E-state index in [1.807, 2.05) is 30.3 Å². The maximum absolute atomic E-state index is 9.22. The number of aliphatic hydroxyl groups excluding tert-OH is 1. The molecule has 1 aromatic rings. The Morgan fingerprint density at radius 3 is 2.29 bits per heavy atom. The van der Waals surface area contributed by atoms with Crippen molar-refractivity contribution in [3.8, 4) is 5.75 Å². The first-order valence-electron chi connectivity index (χ1n) is 9.26. The van der Waals surface area contributed by atoms with Gasteiger partial charge in [-0.25, -0.2) is 0 Å². The Kier molecular flexibility index (Phi) is 12.1. The zero-order valence-electron chi connectivity index (χ0n) is 15.2. The Morgan fingerprint density at radius 1 is 1.00 bits per heavy atom. The lowest BCUT2D eigenvalue weighted by atomic mass is 10.0. The van der Waals surface area contributed by atoms with Crippen LogP contribution in [-0.4, -0.2) is 24.9 Å². The molecule has 0 aliphatic carbocycles. The first kappa shape index (κ1) is 20.7. The summed E-state index contributed by atoms with van der Waals surface area (Å²) in [6, 6.07) is 7.95. The molecule has 0 unspecified atom stereocenters. The molecule has 3 heteroatoms. The number of hydrogen-bond donors (Lipinski definition) is 1. The van der Waals surface area contributed by atoms with Gasteiger partial charge in [0.2, 0.25) is 0 Å². The van der Waals surface area contributed by atoms with Crippen LogP contribution in [0, 0.1) is 0 Å². The van der Waals surface area contributed by atoms with E-state index in [0.717, 1.165) is 30.6 Å². The lowest BCUT2D eigenvalue weighted by Gasteiger charge is -2.17. The number of ether oxygens (including phenoxy) is 2. The van der Waals surface area contributed by atoms with Crippen LogP contribution in [-0.2, 0) is 11.3 Å². The molecule has 1 aromatic carbocycles. The number of allylic oxidation sites excluding steroid dienone is 1. The summed E-state index contributed by atoms with van der Waals surface area (Å²) in [5.41, 5.74) is 1.14. The average Bonchev–Trinajstić information content (AvgIpc) is 2.62. The molecular formula is C21H34O3. The lowest BCUT2D eigenvalue weighted by Crippen LogP contribution is -2.14. The molecule has 0 bridgehead atoms. The van der Waals surface area contributed by atoms with Gasteiger partial charge in [-0.1, -0.05) is 50.3 Å². The summed E-state index contributed by atoms with van der Waals surface area (Å²) in [6.07, 6.45) is 12.6. The Bertz CT molecular complexity index is 414. The Hall–Kier alpha value is -1.32. The van der Waals surface area contributed by atoms with Gasteiger partial charge in [0.25, 0.3) is 0 Å². The van der Waals surface area contributed by atoms with Gasteiger partial charge in [0.05, 0.1) is 19.8 Å². The fourth-order valence-corrected chi connectivity index (χ4v) is 2.76. The fraction of sp³-hybridized carbons (Fsp3) is 0.619. The summed E-state index contributed by atoms with van der Waals surface area (Å²) in [4.78, 5) is 0. The maximum atomic E-state index is 9.22. The smallest absolute Gasteiger partial charge is 0.118 e. The molecular weight excluding hydrogens is 300 g/mol. The van der Waals surface area contributed by atoms with Crippen molar-refractivity contribution in [2.45, 2.75) is 70.5 Å². The second-order valence-electron chi connectivity index (χ2n) is 6.28. The molecule has 24 heavy (non-hydrogen) atoms. The molecule has 3 nitrogen and oxygen atoms in total. The summed E-state index contributed by atoms with van der Waals surface area (Å²) in [5.74, 6) is 0.860. The van der Waals surface area contributed by atoms with E-state index in [4.69, 9.17) is 9.47 Å². The van der Waals surface area contributed by atoms with Crippen LogP contribution in [0.15, 0.2) is 36.9 Å². The van der Waals surface area contributed by atoms with E-state index in [1.54, 1.807) is 7.11 Å². The van der Waals surface area contributed by atoms with Gasteiger partial charge in [0, 0.05) is 6.61 Å². The molecule has 0 aliphatic heterocycles. The number of hydrogen-bond acceptors (Lipinski definition) is 3. The molecule has 1 atom stereocenters. The average molecular weight is 335 g/mol. The molecule has 0 saturated carbocycles. The van der Waals surface area contributed by atoms with Crippen molar-refractivity contribution < 1.29 is 14.6 Å². The predicted molar refractivity (Wildman–Crippen MR) is 100 cm³/mol. The van der Waals surface area contributed by atoms with Gasteiger partial charge >= 0.3 is 0 Å². The number of aliphatic hydroxyl groups is 1. The van der Waals surface area contributed by atoms with Crippen LogP contribution in [0.1, 0.15) is 63.4 Å².